The van der Waals surface area contributed by atoms with Crippen LogP contribution in [-0.2, 0) is 20.9 Å². The first-order valence-electron chi connectivity index (χ1n) is 10.1. The maximum Gasteiger partial charge on any atom is 0.231 e. The summed E-state index contributed by atoms with van der Waals surface area (Å²) in [6, 6.07) is 10.0. The highest BCUT2D eigenvalue weighted by Crippen LogP contribution is 2.55. The first kappa shape index (κ1) is 18.3. The number of likely N-dealkylation sites (tertiary alicyclic amines) is 1. The number of aromatic nitrogens is 2. The van der Waals surface area contributed by atoms with E-state index < -0.39 is 17.4 Å². The van der Waals surface area contributed by atoms with Gasteiger partial charge in [-0.15, -0.1) is 0 Å². The van der Waals surface area contributed by atoms with Crippen molar-refractivity contribution < 1.29 is 14.3 Å². The van der Waals surface area contributed by atoms with Crippen molar-refractivity contribution in [3.8, 4) is 0 Å². The molecule has 4 atom stereocenters. The number of nitrogens with one attached hydrogen (secondary N) is 1. The molecular weight excluding hydrogens is 370 g/mol. The molecule has 2 bridgehead atoms. The number of fused-ring (bicyclic) bond motifs is 1. The molecule has 2 amide bonds. The summed E-state index contributed by atoms with van der Waals surface area (Å²) in [6.45, 7) is 2.09. The van der Waals surface area contributed by atoms with Gasteiger partial charge in [0.2, 0.25) is 11.8 Å². The highest BCUT2D eigenvalue weighted by atomic mass is 16.5. The SMILES string of the molecule is NCCN1C[C@]23CC[C@H](O2)[C@H](C(=O)Nc2cnn(Cc4ccccc4)c2)[C@@H]3C1=O. The van der Waals surface area contributed by atoms with Gasteiger partial charge in [-0.05, 0) is 18.4 Å². The van der Waals surface area contributed by atoms with Crippen LogP contribution in [0.1, 0.15) is 18.4 Å². The average molecular weight is 395 g/mol. The van der Waals surface area contributed by atoms with Crippen molar-refractivity contribution in [3.05, 3.63) is 48.3 Å². The monoisotopic (exact) mass is 395 g/mol. The maximum atomic E-state index is 13.1. The molecule has 2 aromatic rings. The van der Waals surface area contributed by atoms with Gasteiger partial charge < -0.3 is 20.7 Å². The largest absolute Gasteiger partial charge is 0.368 e. The summed E-state index contributed by atoms with van der Waals surface area (Å²) in [7, 11) is 0. The Morgan fingerprint density at radius 3 is 2.97 bits per heavy atom. The summed E-state index contributed by atoms with van der Waals surface area (Å²) in [5, 5.41) is 7.29. The third-order valence-electron chi connectivity index (χ3n) is 6.39. The topological polar surface area (TPSA) is 102 Å². The first-order valence-corrected chi connectivity index (χ1v) is 10.1. The fraction of sp³-hybridized carbons (Fsp3) is 0.476. The molecule has 3 saturated heterocycles. The lowest BCUT2D eigenvalue weighted by Crippen LogP contribution is -2.43. The molecule has 4 heterocycles. The number of nitrogens with two attached hydrogens (primary N) is 1. The Hall–Kier alpha value is -2.71. The predicted octanol–water partition coefficient (Wildman–Crippen LogP) is 0.835. The molecule has 0 saturated carbocycles. The number of rotatable bonds is 6. The van der Waals surface area contributed by atoms with Crippen LogP contribution >= 0.6 is 0 Å². The molecule has 152 valence electrons. The molecule has 3 N–H and O–H groups in total. The van der Waals surface area contributed by atoms with Crippen molar-refractivity contribution >= 4 is 17.5 Å². The Balaban J connectivity index is 1.30. The summed E-state index contributed by atoms with van der Waals surface area (Å²) >= 11 is 0. The summed E-state index contributed by atoms with van der Waals surface area (Å²) in [6.07, 6.45) is 4.90. The summed E-state index contributed by atoms with van der Waals surface area (Å²) in [4.78, 5) is 27.8. The van der Waals surface area contributed by atoms with E-state index in [1.54, 1.807) is 15.8 Å². The van der Waals surface area contributed by atoms with Crippen LogP contribution in [0.5, 0.6) is 0 Å². The maximum absolute atomic E-state index is 13.1. The minimum atomic E-state index is -0.517. The number of benzene rings is 1. The summed E-state index contributed by atoms with van der Waals surface area (Å²) < 4.78 is 7.99. The first-order chi connectivity index (χ1) is 14.1. The molecule has 1 spiro atoms. The van der Waals surface area contributed by atoms with Gasteiger partial charge in [0.05, 0.1) is 48.5 Å². The van der Waals surface area contributed by atoms with Crippen LogP contribution in [0.4, 0.5) is 5.69 Å². The standard InChI is InChI=1S/C21H25N5O3/c22-8-9-25-13-21-7-6-16(29-21)17(18(21)20(25)28)19(27)24-15-10-23-26(12-15)11-14-4-2-1-3-5-14/h1-5,10,12,16-18H,6-9,11,13,22H2,(H,24,27)/t16-,17-,18+,21-/m0/s1. The van der Waals surface area contributed by atoms with Crippen molar-refractivity contribution in [1.29, 1.82) is 0 Å². The summed E-state index contributed by atoms with van der Waals surface area (Å²) in [5.74, 6) is -1.04. The zero-order chi connectivity index (χ0) is 20.0. The lowest BCUT2D eigenvalue weighted by atomic mass is 9.73. The van der Waals surface area contributed by atoms with Gasteiger partial charge in [-0.3, -0.25) is 14.3 Å². The van der Waals surface area contributed by atoms with Crippen molar-refractivity contribution in [1.82, 2.24) is 14.7 Å². The van der Waals surface area contributed by atoms with E-state index in [1.807, 2.05) is 36.5 Å². The van der Waals surface area contributed by atoms with Crippen LogP contribution in [0.25, 0.3) is 0 Å². The highest BCUT2D eigenvalue weighted by Gasteiger charge is 2.68. The Morgan fingerprint density at radius 1 is 1.34 bits per heavy atom. The predicted molar refractivity (Wildman–Crippen MR) is 106 cm³/mol. The fourth-order valence-electron chi connectivity index (χ4n) is 5.20. The smallest absolute Gasteiger partial charge is 0.231 e. The Bertz CT molecular complexity index is 929. The van der Waals surface area contributed by atoms with Crippen molar-refractivity contribution in [3.63, 3.8) is 0 Å². The summed E-state index contributed by atoms with van der Waals surface area (Å²) in [5.41, 5.74) is 6.89. The van der Waals surface area contributed by atoms with Gasteiger partial charge in [-0.25, -0.2) is 0 Å². The number of amides is 2. The van der Waals surface area contributed by atoms with Crippen molar-refractivity contribution in [2.45, 2.75) is 31.1 Å². The molecule has 0 aliphatic carbocycles. The molecule has 8 heteroatoms. The number of hydrogen-bond donors (Lipinski definition) is 2. The number of carbonyl (C=O) groups is 2. The average Bonchev–Trinajstić information content (AvgIpc) is 3.45. The number of hydrogen-bond acceptors (Lipinski definition) is 5. The van der Waals surface area contributed by atoms with E-state index >= 15 is 0 Å². The van der Waals surface area contributed by atoms with Crippen LogP contribution in [-0.4, -0.2) is 57.8 Å². The van der Waals surface area contributed by atoms with E-state index in [0.29, 0.717) is 31.9 Å². The second-order valence-electron chi connectivity index (χ2n) is 8.21. The molecule has 8 nitrogen and oxygen atoms in total. The van der Waals surface area contributed by atoms with E-state index in [-0.39, 0.29) is 17.9 Å². The minimum Gasteiger partial charge on any atom is -0.368 e. The van der Waals surface area contributed by atoms with Gasteiger partial charge in [-0.1, -0.05) is 30.3 Å². The van der Waals surface area contributed by atoms with Crippen LogP contribution < -0.4 is 11.1 Å². The molecular formula is C21H25N5O3. The van der Waals surface area contributed by atoms with E-state index in [2.05, 4.69) is 10.4 Å². The molecule has 3 aliphatic rings. The van der Waals surface area contributed by atoms with E-state index in [4.69, 9.17) is 10.5 Å². The quantitative estimate of drug-likeness (QED) is 0.754. The Morgan fingerprint density at radius 2 is 2.17 bits per heavy atom. The zero-order valence-corrected chi connectivity index (χ0v) is 16.2. The third-order valence-corrected chi connectivity index (χ3v) is 6.39. The number of ether oxygens (including phenoxy) is 1. The normalized spacial score (nSPS) is 30.0. The van der Waals surface area contributed by atoms with Crippen LogP contribution in [0.2, 0.25) is 0 Å². The highest BCUT2D eigenvalue weighted by molar-refractivity contribution is 5.98. The van der Waals surface area contributed by atoms with Crippen LogP contribution in [0.15, 0.2) is 42.7 Å². The molecule has 5 rings (SSSR count). The molecule has 1 aromatic carbocycles. The molecule has 0 unspecified atom stereocenters. The molecule has 3 aliphatic heterocycles. The minimum absolute atomic E-state index is 0.00225. The Kier molecular flexibility index (Phi) is 4.40. The van der Waals surface area contributed by atoms with Crippen LogP contribution in [0.3, 0.4) is 0 Å². The van der Waals surface area contributed by atoms with Gasteiger partial charge >= 0.3 is 0 Å². The molecule has 1 aromatic heterocycles. The number of anilines is 1. The van der Waals surface area contributed by atoms with E-state index in [9.17, 15) is 9.59 Å². The van der Waals surface area contributed by atoms with Gasteiger partial charge in [-0.2, -0.15) is 5.10 Å². The fourth-order valence-corrected chi connectivity index (χ4v) is 5.20. The number of nitrogens with zero attached hydrogens (tertiary/aromatic N) is 3. The molecule has 3 fully saturated rings. The third kappa shape index (κ3) is 3.03. The Labute approximate surface area is 169 Å². The van der Waals surface area contributed by atoms with Crippen LogP contribution in [0, 0.1) is 11.8 Å². The number of carbonyl (C=O) groups excluding carboxylic acids is 2. The molecule has 29 heavy (non-hydrogen) atoms. The van der Waals surface area contributed by atoms with Gasteiger partial charge in [0.25, 0.3) is 0 Å². The zero-order valence-electron chi connectivity index (χ0n) is 16.2. The van der Waals surface area contributed by atoms with Crippen molar-refractivity contribution in [2.24, 2.45) is 17.6 Å². The molecule has 0 radical (unpaired) electrons. The van der Waals surface area contributed by atoms with E-state index in [1.165, 1.54) is 0 Å². The van der Waals surface area contributed by atoms with Gasteiger partial charge in [0, 0.05) is 19.3 Å². The second kappa shape index (κ2) is 6.96. The van der Waals surface area contributed by atoms with Crippen molar-refractivity contribution in [2.75, 3.05) is 25.0 Å². The lowest BCUT2D eigenvalue weighted by Gasteiger charge is -2.26. The second-order valence-corrected chi connectivity index (χ2v) is 8.21. The van der Waals surface area contributed by atoms with E-state index in [0.717, 1.165) is 18.4 Å². The van der Waals surface area contributed by atoms with Gasteiger partial charge in [0.1, 0.15) is 0 Å². The van der Waals surface area contributed by atoms with Gasteiger partial charge in [0.15, 0.2) is 0 Å². The lowest BCUT2D eigenvalue weighted by molar-refractivity contribution is -0.136.